The number of para-hydroxylation sites is 1. The van der Waals surface area contributed by atoms with Gasteiger partial charge >= 0.3 is 0 Å². The van der Waals surface area contributed by atoms with Crippen molar-refractivity contribution in [3.63, 3.8) is 0 Å². The normalized spacial score (nSPS) is 10.7. The lowest BCUT2D eigenvalue weighted by atomic mass is 10.1. The zero-order valence-corrected chi connectivity index (χ0v) is 15.6. The van der Waals surface area contributed by atoms with Gasteiger partial charge in [0.2, 0.25) is 5.91 Å². The summed E-state index contributed by atoms with van der Waals surface area (Å²) >= 11 is 1.48. The SMILES string of the molecule is CCNC(=O)CNC(=O)c1oc2ccccc2c1CSc1ccc(F)cc1. The standard InChI is InChI=1S/C20H19FN2O3S/c1-2-22-18(24)11-23-20(25)19-16(15-5-3-4-6-17(15)26-19)12-27-14-9-7-13(21)8-10-14/h3-10H,2,11-12H2,1H3,(H,22,24)(H,23,25). The summed E-state index contributed by atoms with van der Waals surface area (Å²) in [5.41, 5.74) is 1.35. The molecule has 0 saturated carbocycles. The molecule has 0 aliphatic carbocycles. The van der Waals surface area contributed by atoms with Crippen LogP contribution in [0.2, 0.25) is 0 Å². The predicted molar refractivity (Wildman–Crippen MR) is 103 cm³/mol. The fourth-order valence-corrected chi connectivity index (χ4v) is 3.54. The van der Waals surface area contributed by atoms with Crippen molar-refractivity contribution in [2.45, 2.75) is 17.6 Å². The Hall–Kier alpha value is -2.80. The van der Waals surface area contributed by atoms with E-state index in [1.54, 1.807) is 18.2 Å². The Bertz CT molecular complexity index is 954. The summed E-state index contributed by atoms with van der Waals surface area (Å²) < 4.78 is 18.8. The van der Waals surface area contributed by atoms with E-state index in [0.717, 1.165) is 15.8 Å². The third-order valence-corrected chi connectivity index (χ3v) is 4.92. The van der Waals surface area contributed by atoms with E-state index in [1.165, 1.54) is 23.9 Å². The Balaban J connectivity index is 1.81. The average Bonchev–Trinajstić information content (AvgIpc) is 3.05. The molecule has 2 N–H and O–H groups in total. The van der Waals surface area contributed by atoms with Gasteiger partial charge in [-0.25, -0.2) is 4.39 Å². The summed E-state index contributed by atoms with van der Waals surface area (Å²) in [6, 6.07) is 13.6. The first-order chi connectivity index (χ1) is 13.1. The maximum atomic E-state index is 13.1. The number of nitrogens with one attached hydrogen (secondary N) is 2. The van der Waals surface area contributed by atoms with Crippen molar-refractivity contribution < 1.29 is 18.4 Å². The van der Waals surface area contributed by atoms with Crippen molar-refractivity contribution in [1.82, 2.24) is 10.6 Å². The molecule has 2 amide bonds. The molecule has 0 atom stereocenters. The average molecular weight is 386 g/mol. The van der Waals surface area contributed by atoms with Crippen LogP contribution in [0.4, 0.5) is 4.39 Å². The van der Waals surface area contributed by atoms with Crippen LogP contribution in [0, 0.1) is 5.82 Å². The zero-order valence-electron chi connectivity index (χ0n) is 14.8. The van der Waals surface area contributed by atoms with Gasteiger partial charge in [0.1, 0.15) is 11.4 Å². The van der Waals surface area contributed by atoms with Crippen molar-refractivity contribution in [2.24, 2.45) is 0 Å². The van der Waals surface area contributed by atoms with Crippen LogP contribution in [0.15, 0.2) is 57.8 Å². The molecule has 1 heterocycles. The Labute approximate surface area is 160 Å². The first-order valence-corrected chi connectivity index (χ1v) is 9.50. The van der Waals surface area contributed by atoms with E-state index in [9.17, 15) is 14.0 Å². The number of benzene rings is 2. The quantitative estimate of drug-likeness (QED) is 0.607. The van der Waals surface area contributed by atoms with Gasteiger partial charge in [-0.2, -0.15) is 0 Å². The highest BCUT2D eigenvalue weighted by Crippen LogP contribution is 2.32. The molecule has 1 aromatic heterocycles. The number of carbonyl (C=O) groups is 2. The molecular formula is C20H19FN2O3S. The Kier molecular flexibility index (Phi) is 6.13. The van der Waals surface area contributed by atoms with Crippen LogP contribution in [0.25, 0.3) is 11.0 Å². The van der Waals surface area contributed by atoms with Crippen LogP contribution in [-0.2, 0) is 10.5 Å². The van der Waals surface area contributed by atoms with E-state index in [4.69, 9.17) is 4.42 Å². The molecule has 0 radical (unpaired) electrons. The fourth-order valence-electron chi connectivity index (χ4n) is 2.61. The highest BCUT2D eigenvalue weighted by molar-refractivity contribution is 7.98. The van der Waals surface area contributed by atoms with Gasteiger partial charge < -0.3 is 15.1 Å². The van der Waals surface area contributed by atoms with Gasteiger partial charge in [-0.3, -0.25) is 9.59 Å². The summed E-state index contributed by atoms with van der Waals surface area (Å²) in [5.74, 6) is -0.322. The van der Waals surface area contributed by atoms with Crippen LogP contribution in [0.5, 0.6) is 0 Å². The summed E-state index contributed by atoms with van der Waals surface area (Å²) in [5, 5.41) is 6.06. The number of furan rings is 1. The van der Waals surface area contributed by atoms with Crippen LogP contribution >= 0.6 is 11.8 Å². The van der Waals surface area contributed by atoms with E-state index >= 15 is 0 Å². The van der Waals surface area contributed by atoms with Gasteiger partial charge in [0, 0.05) is 28.1 Å². The molecule has 0 spiro atoms. The number of carbonyl (C=O) groups excluding carboxylic acids is 2. The molecule has 0 unspecified atom stereocenters. The maximum Gasteiger partial charge on any atom is 0.287 e. The smallest absolute Gasteiger partial charge is 0.287 e. The number of hydrogen-bond acceptors (Lipinski definition) is 4. The van der Waals surface area contributed by atoms with E-state index < -0.39 is 5.91 Å². The van der Waals surface area contributed by atoms with Crippen LogP contribution in [0.1, 0.15) is 23.0 Å². The maximum absolute atomic E-state index is 13.1. The van der Waals surface area contributed by atoms with Crippen molar-refractivity contribution >= 4 is 34.5 Å². The van der Waals surface area contributed by atoms with Crippen LogP contribution in [0.3, 0.4) is 0 Å². The lowest BCUT2D eigenvalue weighted by Crippen LogP contribution is -2.36. The minimum Gasteiger partial charge on any atom is -0.451 e. The van der Waals surface area contributed by atoms with Crippen molar-refractivity contribution in [2.75, 3.05) is 13.1 Å². The number of thioether (sulfide) groups is 1. The molecule has 140 valence electrons. The second-order valence-corrected chi connectivity index (χ2v) is 6.83. The molecule has 3 aromatic rings. The lowest BCUT2D eigenvalue weighted by molar-refractivity contribution is -0.120. The first kappa shape index (κ1) is 19.0. The minimum atomic E-state index is -0.438. The number of hydrogen-bond donors (Lipinski definition) is 2. The topological polar surface area (TPSA) is 71.3 Å². The molecule has 5 nitrogen and oxygen atoms in total. The molecule has 0 bridgehead atoms. The highest BCUT2D eigenvalue weighted by atomic mass is 32.2. The third kappa shape index (κ3) is 4.68. The highest BCUT2D eigenvalue weighted by Gasteiger charge is 2.21. The summed E-state index contributed by atoms with van der Waals surface area (Å²) in [7, 11) is 0. The fraction of sp³-hybridized carbons (Fsp3) is 0.200. The number of likely N-dealkylation sites (N-methyl/N-ethyl adjacent to an activating group) is 1. The monoisotopic (exact) mass is 386 g/mol. The number of halogens is 1. The largest absolute Gasteiger partial charge is 0.451 e. The van der Waals surface area contributed by atoms with E-state index in [1.807, 2.05) is 25.1 Å². The van der Waals surface area contributed by atoms with Crippen molar-refractivity contribution in [1.29, 1.82) is 0 Å². The third-order valence-electron chi connectivity index (χ3n) is 3.88. The van der Waals surface area contributed by atoms with E-state index in [0.29, 0.717) is 17.9 Å². The number of amides is 2. The van der Waals surface area contributed by atoms with Crippen molar-refractivity contribution in [3.05, 3.63) is 65.7 Å². The summed E-state index contributed by atoms with van der Waals surface area (Å²) in [4.78, 5) is 25.0. The Morgan fingerprint density at radius 3 is 2.56 bits per heavy atom. The van der Waals surface area contributed by atoms with E-state index in [-0.39, 0.29) is 24.0 Å². The molecule has 2 aromatic carbocycles. The number of rotatable bonds is 7. The Morgan fingerprint density at radius 2 is 1.81 bits per heavy atom. The molecule has 0 saturated heterocycles. The molecular weight excluding hydrogens is 367 g/mol. The molecule has 3 rings (SSSR count). The predicted octanol–water partition coefficient (Wildman–Crippen LogP) is 3.73. The lowest BCUT2D eigenvalue weighted by Gasteiger charge is -2.06. The molecule has 7 heteroatoms. The van der Waals surface area contributed by atoms with E-state index in [2.05, 4.69) is 10.6 Å². The van der Waals surface area contributed by atoms with Gasteiger partial charge in [-0.15, -0.1) is 11.8 Å². The molecule has 0 fully saturated rings. The van der Waals surface area contributed by atoms with Gasteiger partial charge in [0.25, 0.3) is 5.91 Å². The van der Waals surface area contributed by atoms with Gasteiger partial charge in [-0.1, -0.05) is 18.2 Å². The summed E-state index contributed by atoms with van der Waals surface area (Å²) in [6.07, 6.45) is 0. The number of fused-ring (bicyclic) bond motifs is 1. The molecule has 0 aliphatic rings. The van der Waals surface area contributed by atoms with Crippen LogP contribution in [-0.4, -0.2) is 24.9 Å². The van der Waals surface area contributed by atoms with Gasteiger partial charge in [-0.05, 0) is 37.3 Å². The Morgan fingerprint density at radius 1 is 1.07 bits per heavy atom. The van der Waals surface area contributed by atoms with Crippen LogP contribution < -0.4 is 10.6 Å². The second kappa shape index (κ2) is 8.73. The van der Waals surface area contributed by atoms with Gasteiger partial charge in [0.15, 0.2) is 5.76 Å². The summed E-state index contributed by atoms with van der Waals surface area (Å²) in [6.45, 7) is 2.19. The first-order valence-electron chi connectivity index (χ1n) is 8.52. The van der Waals surface area contributed by atoms with Crippen molar-refractivity contribution in [3.8, 4) is 0 Å². The second-order valence-electron chi connectivity index (χ2n) is 5.78. The minimum absolute atomic E-state index is 0.117. The molecule has 27 heavy (non-hydrogen) atoms. The van der Waals surface area contributed by atoms with Gasteiger partial charge in [0.05, 0.1) is 6.54 Å². The molecule has 0 aliphatic heterocycles. The zero-order chi connectivity index (χ0) is 19.2.